The molecule has 2 heterocycles. The number of carboxylic acids is 1. The molecule has 0 aliphatic rings. The number of fused-ring (bicyclic) bond motifs is 1. The van der Waals surface area contributed by atoms with Crippen LogP contribution in [-0.4, -0.2) is 25.6 Å². The molecule has 0 aliphatic heterocycles. The zero-order chi connectivity index (χ0) is 20.4. The van der Waals surface area contributed by atoms with Gasteiger partial charge in [-0.1, -0.05) is 66.2 Å². The summed E-state index contributed by atoms with van der Waals surface area (Å²) in [7, 11) is 0. The number of carbonyl (C=O) groups is 1. The lowest BCUT2D eigenvalue weighted by atomic mass is 10.1. The van der Waals surface area contributed by atoms with Crippen LogP contribution in [-0.2, 0) is 6.54 Å². The van der Waals surface area contributed by atoms with Crippen molar-refractivity contribution in [3.63, 3.8) is 0 Å². The minimum atomic E-state index is -1.07. The Labute approximate surface area is 172 Å². The van der Waals surface area contributed by atoms with E-state index in [0.717, 1.165) is 28.0 Å². The van der Waals surface area contributed by atoms with E-state index in [2.05, 4.69) is 9.97 Å². The Bertz CT molecular complexity index is 1230. The molecule has 0 fully saturated rings. The molecule has 144 valence electrons. The number of imidazole rings is 1. The molecule has 0 saturated heterocycles. The number of aromatic carboxylic acids is 1. The van der Waals surface area contributed by atoms with Gasteiger partial charge < -0.3 is 9.67 Å². The lowest BCUT2D eigenvalue weighted by Gasteiger charge is -2.09. The first-order chi connectivity index (χ1) is 14.0. The number of hydrogen-bond donors (Lipinski definition) is 1. The molecule has 2 aromatic heterocycles. The number of aromatic nitrogens is 3. The number of halogens is 1. The average Bonchev–Trinajstić information content (AvgIpc) is 3.03. The summed E-state index contributed by atoms with van der Waals surface area (Å²) in [6.45, 7) is 2.39. The van der Waals surface area contributed by atoms with Crippen molar-refractivity contribution in [2.45, 2.75) is 13.5 Å². The number of pyridine rings is 1. The molecule has 0 radical (unpaired) electrons. The Morgan fingerprint density at radius 3 is 2.52 bits per heavy atom. The molecule has 0 unspecified atom stereocenters. The lowest BCUT2D eigenvalue weighted by molar-refractivity contribution is 0.0691. The van der Waals surface area contributed by atoms with Crippen molar-refractivity contribution in [3.05, 3.63) is 93.9 Å². The van der Waals surface area contributed by atoms with E-state index < -0.39 is 5.97 Å². The molecule has 5 nitrogen and oxygen atoms in total. The van der Waals surface area contributed by atoms with Gasteiger partial charge in [0.05, 0.1) is 12.1 Å². The summed E-state index contributed by atoms with van der Waals surface area (Å²) < 4.78 is 1.98. The van der Waals surface area contributed by atoms with Crippen LogP contribution >= 0.6 is 11.6 Å². The van der Waals surface area contributed by atoms with Crippen LogP contribution in [0.4, 0.5) is 0 Å². The maximum atomic E-state index is 11.1. The fourth-order valence-corrected chi connectivity index (χ4v) is 3.41. The summed E-state index contributed by atoms with van der Waals surface area (Å²) in [6.07, 6.45) is 4.07. The summed E-state index contributed by atoms with van der Waals surface area (Å²) in [4.78, 5) is 19.6. The molecule has 2 aromatic carbocycles. The van der Waals surface area contributed by atoms with Crippen molar-refractivity contribution < 1.29 is 9.90 Å². The smallest absolute Gasteiger partial charge is 0.354 e. The predicted molar refractivity (Wildman–Crippen MR) is 115 cm³/mol. The Balaban J connectivity index is 1.61. The quantitative estimate of drug-likeness (QED) is 0.458. The number of carboxylic acid groups (broad SMARTS) is 1. The zero-order valence-electron chi connectivity index (χ0n) is 15.7. The second-order valence-corrected chi connectivity index (χ2v) is 7.09. The van der Waals surface area contributed by atoms with Gasteiger partial charge in [-0.3, -0.25) is 0 Å². The van der Waals surface area contributed by atoms with Crippen LogP contribution in [0, 0.1) is 6.92 Å². The number of hydrogen-bond acceptors (Lipinski definition) is 3. The van der Waals surface area contributed by atoms with E-state index >= 15 is 0 Å². The maximum Gasteiger partial charge on any atom is 0.354 e. The highest BCUT2D eigenvalue weighted by molar-refractivity contribution is 6.31. The second kappa shape index (κ2) is 7.89. The highest BCUT2D eigenvalue weighted by Gasteiger charge is 2.13. The first kappa shape index (κ1) is 18.9. The summed E-state index contributed by atoms with van der Waals surface area (Å²) in [6, 6.07) is 19.3. The monoisotopic (exact) mass is 403 g/mol. The molecule has 29 heavy (non-hydrogen) atoms. The Hall–Kier alpha value is -3.44. The van der Waals surface area contributed by atoms with Crippen molar-refractivity contribution >= 4 is 40.9 Å². The van der Waals surface area contributed by atoms with Crippen LogP contribution in [0.15, 0.2) is 60.7 Å². The van der Waals surface area contributed by atoms with Crippen LogP contribution in [0.3, 0.4) is 0 Å². The number of aryl methyl sites for hydroxylation is 1. The standard InChI is InChI=1S/C23H18ClN3O2/c1-15-25-22-21(12-11-20(26-22)23(28)29)27(15)14-18-10-9-17(13-19(18)24)8-7-16-5-3-2-4-6-16/h2-13H,14H2,1H3,(H,28,29). The third kappa shape index (κ3) is 4.05. The minimum absolute atomic E-state index is 0.0188. The van der Waals surface area contributed by atoms with Crippen LogP contribution in [0.25, 0.3) is 23.3 Å². The number of benzene rings is 2. The van der Waals surface area contributed by atoms with Gasteiger partial charge in [-0.15, -0.1) is 0 Å². The van der Waals surface area contributed by atoms with Crippen LogP contribution in [0.2, 0.25) is 5.02 Å². The van der Waals surface area contributed by atoms with Crippen molar-refractivity contribution in [2.24, 2.45) is 0 Å². The first-order valence-electron chi connectivity index (χ1n) is 9.10. The fourth-order valence-electron chi connectivity index (χ4n) is 3.16. The predicted octanol–water partition coefficient (Wildman–Crippen LogP) is 5.31. The van der Waals surface area contributed by atoms with Gasteiger partial charge >= 0.3 is 5.97 Å². The molecular formula is C23H18ClN3O2. The Kier molecular flexibility index (Phi) is 5.14. The molecule has 0 saturated carbocycles. The Morgan fingerprint density at radius 2 is 1.79 bits per heavy atom. The number of rotatable bonds is 5. The number of nitrogens with zero attached hydrogens (tertiary/aromatic N) is 3. The van der Waals surface area contributed by atoms with Gasteiger partial charge in [0.15, 0.2) is 11.3 Å². The maximum absolute atomic E-state index is 11.1. The van der Waals surface area contributed by atoms with Crippen molar-refractivity contribution in [1.82, 2.24) is 14.5 Å². The first-order valence-corrected chi connectivity index (χ1v) is 9.48. The van der Waals surface area contributed by atoms with Gasteiger partial charge in [0, 0.05) is 5.02 Å². The average molecular weight is 404 g/mol. The van der Waals surface area contributed by atoms with Gasteiger partial charge in [0.25, 0.3) is 0 Å². The minimum Gasteiger partial charge on any atom is -0.477 e. The van der Waals surface area contributed by atoms with Crippen LogP contribution in [0.1, 0.15) is 33.0 Å². The summed E-state index contributed by atoms with van der Waals surface area (Å²) in [5, 5.41) is 9.78. The van der Waals surface area contributed by atoms with E-state index in [4.69, 9.17) is 16.7 Å². The second-order valence-electron chi connectivity index (χ2n) is 6.68. The molecule has 0 aliphatic carbocycles. The summed E-state index contributed by atoms with van der Waals surface area (Å²) in [5.74, 6) is -0.319. The molecule has 0 spiro atoms. The molecular weight excluding hydrogens is 386 g/mol. The molecule has 0 bridgehead atoms. The summed E-state index contributed by atoms with van der Waals surface area (Å²) in [5.41, 5.74) is 4.27. The zero-order valence-corrected chi connectivity index (χ0v) is 16.5. The van der Waals surface area contributed by atoms with E-state index in [-0.39, 0.29) is 5.69 Å². The van der Waals surface area contributed by atoms with E-state index in [1.807, 2.05) is 72.2 Å². The topological polar surface area (TPSA) is 68.0 Å². The molecule has 4 aromatic rings. The van der Waals surface area contributed by atoms with Crippen molar-refractivity contribution in [1.29, 1.82) is 0 Å². The molecule has 4 rings (SSSR count). The van der Waals surface area contributed by atoms with Crippen molar-refractivity contribution in [2.75, 3.05) is 0 Å². The van der Waals surface area contributed by atoms with Gasteiger partial charge in [-0.25, -0.2) is 14.8 Å². The largest absolute Gasteiger partial charge is 0.477 e. The highest BCUT2D eigenvalue weighted by Crippen LogP contribution is 2.23. The SMILES string of the molecule is Cc1nc2nc(C(=O)O)ccc2n1Cc1ccc(C=Cc2ccccc2)cc1Cl. The third-order valence-electron chi connectivity index (χ3n) is 4.70. The fraction of sp³-hybridized carbons (Fsp3) is 0.0870. The van der Waals surface area contributed by atoms with Gasteiger partial charge in [-0.2, -0.15) is 0 Å². The summed E-state index contributed by atoms with van der Waals surface area (Å²) >= 11 is 6.54. The lowest BCUT2D eigenvalue weighted by Crippen LogP contribution is -2.03. The normalized spacial score (nSPS) is 11.4. The third-order valence-corrected chi connectivity index (χ3v) is 5.05. The Morgan fingerprint density at radius 1 is 1.03 bits per heavy atom. The van der Waals surface area contributed by atoms with Gasteiger partial charge in [0.1, 0.15) is 5.82 Å². The van der Waals surface area contributed by atoms with Crippen molar-refractivity contribution in [3.8, 4) is 0 Å². The van der Waals surface area contributed by atoms with E-state index in [1.165, 1.54) is 6.07 Å². The van der Waals surface area contributed by atoms with Gasteiger partial charge in [-0.05, 0) is 41.8 Å². The van der Waals surface area contributed by atoms with Gasteiger partial charge in [0.2, 0.25) is 0 Å². The highest BCUT2D eigenvalue weighted by atomic mass is 35.5. The molecule has 6 heteroatoms. The van der Waals surface area contributed by atoms with E-state index in [0.29, 0.717) is 17.2 Å². The van der Waals surface area contributed by atoms with E-state index in [9.17, 15) is 4.79 Å². The van der Waals surface area contributed by atoms with Crippen LogP contribution in [0.5, 0.6) is 0 Å². The molecule has 0 amide bonds. The molecule has 1 N–H and O–H groups in total. The molecule has 0 atom stereocenters. The van der Waals surface area contributed by atoms with E-state index in [1.54, 1.807) is 6.07 Å². The van der Waals surface area contributed by atoms with Crippen LogP contribution < -0.4 is 0 Å².